The van der Waals surface area contributed by atoms with E-state index < -0.39 is 0 Å². The first-order chi connectivity index (χ1) is 13.7. The van der Waals surface area contributed by atoms with Gasteiger partial charge >= 0.3 is 0 Å². The van der Waals surface area contributed by atoms with Gasteiger partial charge in [0.1, 0.15) is 17.2 Å². The van der Waals surface area contributed by atoms with Crippen molar-refractivity contribution in [3.63, 3.8) is 0 Å². The van der Waals surface area contributed by atoms with Gasteiger partial charge in [-0.1, -0.05) is 36.0 Å². The molecule has 0 bridgehead atoms. The molecule has 0 aliphatic carbocycles. The Morgan fingerprint density at radius 3 is 2.71 bits per heavy atom. The van der Waals surface area contributed by atoms with Crippen molar-refractivity contribution >= 4 is 11.8 Å². The third kappa shape index (κ3) is 3.63. The molecule has 142 valence electrons. The molecule has 0 N–H and O–H groups in total. The van der Waals surface area contributed by atoms with Crippen LogP contribution in [0.15, 0.2) is 58.1 Å². The van der Waals surface area contributed by atoms with E-state index in [1.54, 1.807) is 11.8 Å². The summed E-state index contributed by atoms with van der Waals surface area (Å²) >= 11 is 1.50. The van der Waals surface area contributed by atoms with E-state index in [1.807, 2.05) is 62.4 Å². The molecule has 8 heteroatoms. The summed E-state index contributed by atoms with van der Waals surface area (Å²) in [6.45, 7) is 3.94. The van der Waals surface area contributed by atoms with Gasteiger partial charge in [-0.2, -0.15) is 4.68 Å². The van der Waals surface area contributed by atoms with Gasteiger partial charge in [0, 0.05) is 11.3 Å². The topological polar surface area (TPSA) is 78.9 Å². The molecule has 4 aromatic rings. The number of rotatable bonds is 6. The van der Waals surface area contributed by atoms with Gasteiger partial charge in [-0.15, -0.1) is 5.10 Å². The van der Waals surface area contributed by atoms with Crippen molar-refractivity contribution < 1.29 is 9.15 Å². The Bertz CT molecular complexity index is 1090. The number of tetrazole rings is 1. The van der Waals surface area contributed by atoms with Gasteiger partial charge in [0.05, 0.1) is 12.8 Å². The van der Waals surface area contributed by atoms with Crippen LogP contribution in [0.4, 0.5) is 0 Å². The highest BCUT2D eigenvalue weighted by molar-refractivity contribution is 7.98. The molecule has 0 saturated carbocycles. The Balaban J connectivity index is 1.57. The van der Waals surface area contributed by atoms with Crippen LogP contribution in [0, 0.1) is 13.8 Å². The van der Waals surface area contributed by atoms with E-state index in [0.717, 1.165) is 28.3 Å². The molecule has 0 spiro atoms. The van der Waals surface area contributed by atoms with E-state index in [1.165, 1.54) is 11.8 Å². The van der Waals surface area contributed by atoms with Gasteiger partial charge in [0.2, 0.25) is 11.0 Å². The van der Waals surface area contributed by atoms with Gasteiger partial charge < -0.3 is 9.15 Å². The van der Waals surface area contributed by atoms with Crippen LogP contribution in [0.1, 0.15) is 17.0 Å². The first-order valence-corrected chi connectivity index (χ1v) is 9.72. The van der Waals surface area contributed by atoms with Crippen LogP contribution in [0.3, 0.4) is 0 Å². The first-order valence-electron chi connectivity index (χ1n) is 8.73. The van der Waals surface area contributed by atoms with E-state index in [4.69, 9.17) is 9.15 Å². The van der Waals surface area contributed by atoms with E-state index >= 15 is 0 Å². The monoisotopic (exact) mass is 393 g/mol. The molecule has 7 nitrogen and oxygen atoms in total. The molecule has 0 fully saturated rings. The quantitative estimate of drug-likeness (QED) is 0.453. The maximum Gasteiger partial charge on any atom is 0.226 e. The van der Waals surface area contributed by atoms with Crippen molar-refractivity contribution in [1.82, 2.24) is 25.2 Å². The van der Waals surface area contributed by atoms with Crippen molar-refractivity contribution in [1.29, 1.82) is 0 Å². The zero-order valence-electron chi connectivity index (χ0n) is 15.8. The smallest absolute Gasteiger partial charge is 0.226 e. The molecule has 0 atom stereocenters. The van der Waals surface area contributed by atoms with Gasteiger partial charge in [0.15, 0.2) is 0 Å². The number of methoxy groups -OCH3 is 1. The predicted molar refractivity (Wildman–Crippen MR) is 107 cm³/mol. The zero-order chi connectivity index (χ0) is 19.5. The SMILES string of the molecule is COc1ccc(C)cc1-n1nnnc1SCc1nc(-c2ccccc2)oc1C. The fourth-order valence-electron chi connectivity index (χ4n) is 2.78. The maximum absolute atomic E-state index is 5.83. The molecule has 0 radical (unpaired) electrons. The molecule has 0 saturated heterocycles. The average molecular weight is 393 g/mol. The minimum absolute atomic E-state index is 0.594. The molecular weight excluding hydrogens is 374 g/mol. The summed E-state index contributed by atoms with van der Waals surface area (Å²) in [5, 5.41) is 12.8. The molecule has 2 heterocycles. The standard InChI is InChI=1S/C20H19N5O2S/c1-13-9-10-18(26-3)17(11-13)25-20(22-23-24-25)28-12-16-14(2)27-19(21-16)15-7-5-4-6-8-15/h4-11H,12H2,1-3H3. The van der Waals surface area contributed by atoms with Gasteiger partial charge in [-0.3, -0.25) is 0 Å². The molecule has 28 heavy (non-hydrogen) atoms. The number of oxazole rings is 1. The highest BCUT2D eigenvalue weighted by atomic mass is 32.2. The lowest BCUT2D eigenvalue weighted by Crippen LogP contribution is -2.02. The van der Waals surface area contributed by atoms with Gasteiger partial charge in [-0.25, -0.2) is 4.98 Å². The number of benzene rings is 2. The van der Waals surface area contributed by atoms with Crippen molar-refractivity contribution in [2.45, 2.75) is 24.8 Å². The van der Waals surface area contributed by atoms with E-state index in [9.17, 15) is 0 Å². The Hall–Kier alpha value is -3.13. The third-order valence-electron chi connectivity index (χ3n) is 4.25. The molecule has 2 aromatic heterocycles. The third-order valence-corrected chi connectivity index (χ3v) is 5.19. The Morgan fingerprint density at radius 1 is 1.11 bits per heavy atom. The Labute approximate surface area is 166 Å². The van der Waals surface area contributed by atoms with Crippen LogP contribution in [-0.4, -0.2) is 32.3 Å². The maximum atomic E-state index is 5.83. The fraction of sp³-hybridized carbons (Fsp3) is 0.200. The molecule has 0 aliphatic rings. The normalized spacial score (nSPS) is 11.0. The van der Waals surface area contributed by atoms with Crippen LogP contribution in [0.25, 0.3) is 17.1 Å². The predicted octanol–water partition coefficient (Wildman–Crippen LogP) is 4.24. The molecule has 0 aliphatic heterocycles. The van der Waals surface area contributed by atoms with Crippen molar-refractivity contribution in [2.75, 3.05) is 7.11 Å². The first kappa shape index (κ1) is 18.2. The molecule has 0 amide bonds. The summed E-state index contributed by atoms with van der Waals surface area (Å²) in [7, 11) is 1.63. The largest absolute Gasteiger partial charge is 0.494 e. The van der Waals surface area contributed by atoms with E-state index in [-0.39, 0.29) is 0 Å². The summed E-state index contributed by atoms with van der Waals surface area (Å²) in [5.74, 6) is 2.72. The zero-order valence-corrected chi connectivity index (χ0v) is 16.6. The van der Waals surface area contributed by atoms with Crippen molar-refractivity contribution in [3.8, 4) is 22.9 Å². The average Bonchev–Trinajstić information content (AvgIpc) is 3.33. The lowest BCUT2D eigenvalue weighted by molar-refractivity contribution is 0.410. The number of hydrogen-bond acceptors (Lipinski definition) is 7. The molecule has 2 aromatic carbocycles. The number of aryl methyl sites for hydroxylation is 2. The molecule has 0 unspecified atom stereocenters. The fourth-order valence-corrected chi connectivity index (χ4v) is 3.67. The van der Waals surface area contributed by atoms with Crippen LogP contribution in [-0.2, 0) is 5.75 Å². The van der Waals surface area contributed by atoms with Crippen LogP contribution >= 0.6 is 11.8 Å². The second kappa shape index (κ2) is 7.85. The highest BCUT2D eigenvalue weighted by Crippen LogP contribution is 2.30. The molecule has 4 rings (SSSR count). The van der Waals surface area contributed by atoms with Crippen molar-refractivity contribution in [3.05, 3.63) is 65.5 Å². The minimum Gasteiger partial charge on any atom is -0.494 e. The second-order valence-electron chi connectivity index (χ2n) is 6.23. The van der Waals surface area contributed by atoms with Crippen molar-refractivity contribution in [2.24, 2.45) is 0 Å². The van der Waals surface area contributed by atoms with Crippen LogP contribution in [0.5, 0.6) is 5.75 Å². The van der Waals surface area contributed by atoms with Crippen LogP contribution in [0.2, 0.25) is 0 Å². The Kier molecular flexibility index (Phi) is 5.12. The lowest BCUT2D eigenvalue weighted by atomic mass is 10.2. The number of hydrogen-bond donors (Lipinski definition) is 0. The summed E-state index contributed by atoms with van der Waals surface area (Å²) < 4.78 is 13.0. The number of ether oxygens (including phenoxy) is 1. The summed E-state index contributed by atoms with van der Waals surface area (Å²) in [5.41, 5.74) is 3.73. The van der Waals surface area contributed by atoms with Crippen LogP contribution < -0.4 is 4.74 Å². The highest BCUT2D eigenvalue weighted by Gasteiger charge is 2.16. The summed E-state index contributed by atoms with van der Waals surface area (Å²) in [6.07, 6.45) is 0. The number of thioether (sulfide) groups is 1. The summed E-state index contributed by atoms with van der Waals surface area (Å²) in [6, 6.07) is 15.8. The van der Waals surface area contributed by atoms with E-state index in [0.29, 0.717) is 22.5 Å². The number of nitrogens with zero attached hydrogens (tertiary/aromatic N) is 5. The van der Waals surface area contributed by atoms with Gasteiger partial charge in [0.25, 0.3) is 0 Å². The summed E-state index contributed by atoms with van der Waals surface area (Å²) in [4.78, 5) is 4.64. The second-order valence-corrected chi connectivity index (χ2v) is 7.17. The minimum atomic E-state index is 0.594. The van der Waals surface area contributed by atoms with E-state index in [2.05, 4.69) is 20.5 Å². The van der Waals surface area contributed by atoms with Gasteiger partial charge in [-0.05, 0) is 54.1 Å². The lowest BCUT2D eigenvalue weighted by Gasteiger charge is -2.10. The molecular formula is C20H19N5O2S. The Morgan fingerprint density at radius 2 is 1.93 bits per heavy atom. The number of aromatic nitrogens is 5.